The number of nitrogens with one attached hydrogen (secondary N) is 1. The first-order valence-corrected chi connectivity index (χ1v) is 8.09. The Bertz CT molecular complexity index is 587. The Morgan fingerprint density at radius 3 is 2.86 bits per heavy atom. The molecule has 3 rings (SSSR count). The Hall–Kier alpha value is -2.17. The lowest BCUT2D eigenvalue weighted by Gasteiger charge is -2.35. The molecule has 0 spiro atoms. The predicted octanol–water partition coefficient (Wildman–Crippen LogP) is 3.25. The SMILES string of the molecule is CCC1CCCCN1c1nccc(NCc2ccncc2)n1. The maximum Gasteiger partial charge on any atom is 0.227 e. The normalized spacial score (nSPS) is 18.2. The molecule has 1 unspecified atom stereocenters. The van der Waals surface area contributed by atoms with Crippen molar-refractivity contribution in [3.8, 4) is 0 Å². The molecular weight excluding hydrogens is 274 g/mol. The number of piperidine rings is 1. The summed E-state index contributed by atoms with van der Waals surface area (Å²) in [6.45, 7) is 4.05. The van der Waals surface area contributed by atoms with Gasteiger partial charge in [0.15, 0.2) is 0 Å². The van der Waals surface area contributed by atoms with E-state index in [1.807, 2.05) is 36.8 Å². The molecule has 0 bridgehead atoms. The average Bonchev–Trinajstić information content (AvgIpc) is 2.61. The first kappa shape index (κ1) is 14.8. The van der Waals surface area contributed by atoms with Crippen LogP contribution >= 0.6 is 0 Å². The molecule has 116 valence electrons. The molecule has 5 nitrogen and oxygen atoms in total. The Morgan fingerprint density at radius 2 is 2.05 bits per heavy atom. The average molecular weight is 297 g/mol. The first-order valence-electron chi connectivity index (χ1n) is 8.09. The number of nitrogens with zero attached hydrogens (tertiary/aromatic N) is 4. The molecule has 1 N–H and O–H groups in total. The highest BCUT2D eigenvalue weighted by Gasteiger charge is 2.23. The van der Waals surface area contributed by atoms with Gasteiger partial charge in [0, 0.05) is 37.7 Å². The fraction of sp³-hybridized carbons (Fsp3) is 0.471. The van der Waals surface area contributed by atoms with E-state index < -0.39 is 0 Å². The number of pyridine rings is 1. The molecule has 0 saturated carbocycles. The van der Waals surface area contributed by atoms with Crippen LogP contribution in [0.15, 0.2) is 36.8 Å². The summed E-state index contributed by atoms with van der Waals surface area (Å²) in [6.07, 6.45) is 10.4. The van der Waals surface area contributed by atoms with Crippen molar-refractivity contribution in [1.29, 1.82) is 0 Å². The van der Waals surface area contributed by atoms with Crippen LogP contribution in [-0.4, -0.2) is 27.5 Å². The summed E-state index contributed by atoms with van der Waals surface area (Å²) in [7, 11) is 0. The van der Waals surface area contributed by atoms with Gasteiger partial charge in [0.2, 0.25) is 5.95 Å². The van der Waals surface area contributed by atoms with E-state index in [1.54, 1.807) is 0 Å². The summed E-state index contributed by atoms with van der Waals surface area (Å²) >= 11 is 0. The molecule has 0 aromatic carbocycles. The van der Waals surface area contributed by atoms with Crippen LogP contribution in [0.25, 0.3) is 0 Å². The van der Waals surface area contributed by atoms with Crippen molar-refractivity contribution in [3.05, 3.63) is 42.4 Å². The minimum atomic E-state index is 0.573. The summed E-state index contributed by atoms with van der Waals surface area (Å²) in [5, 5.41) is 3.37. The van der Waals surface area contributed by atoms with Gasteiger partial charge in [0.05, 0.1) is 0 Å². The van der Waals surface area contributed by atoms with Crippen LogP contribution < -0.4 is 10.2 Å². The molecule has 0 amide bonds. The van der Waals surface area contributed by atoms with Crippen molar-refractivity contribution in [1.82, 2.24) is 15.0 Å². The molecule has 3 heterocycles. The number of anilines is 2. The monoisotopic (exact) mass is 297 g/mol. The smallest absolute Gasteiger partial charge is 0.227 e. The summed E-state index contributed by atoms with van der Waals surface area (Å²) in [6, 6.07) is 6.51. The van der Waals surface area contributed by atoms with Gasteiger partial charge in [-0.3, -0.25) is 4.98 Å². The topological polar surface area (TPSA) is 53.9 Å². The summed E-state index contributed by atoms with van der Waals surface area (Å²) < 4.78 is 0. The minimum Gasteiger partial charge on any atom is -0.366 e. The highest BCUT2D eigenvalue weighted by atomic mass is 15.3. The van der Waals surface area contributed by atoms with Gasteiger partial charge in [-0.1, -0.05) is 6.92 Å². The molecule has 1 aliphatic rings. The van der Waals surface area contributed by atoms with E-state index in [-0.39, 0.29) is 0 Å². The Labute approximate surface area is 131 Å². The Kier molecular flexibility index (Phi) is 4.83. The van der Waals surface area contributed by atoms with E-state index in [0.29, 0.717) is 6.04 Å². The predicted molar refractivity (Wildman–Crippen MR) is 88.9 cm³/mol. The Morgan fingerprint density at radius 1 is 1.18 bits per heavy atom. The second-order valence-corrected chi connectivity index (χ2v) is 5.70. The number of hydrogen-bond acceptors (Lipinski definition) is 5. The third kappa shape index (κ3) is 3.53. The van der Waals surface area contributed by atoms with Gasteiger partial charge in [0.25, 0.3) is 0 Å². The molecule has 2 aromatic heterocycles. The van der Waals surface area contributed by atoms with E-state index in [1.165, 1.54) is 24.8 Å². The van der Waals surface area contributed by atoms with Gasteiger partial charge in [-0.05, 0) is 49.4 Å². The molecule has 1 aliphatic heterocycles. The zero-order valence-corrected chi connectivity index (χ0v) is 13.1. The van der Waals surface area contributed by atoms with Crippen molar-refractivity contribution in [3.63, 3.8) is 0 Å². The highest BCUT2D eigenvalue weighted by Crippen LogP contribution is 2.24. The van der Waals surface area contributed by atoms with Crippen molar-refractivity contribution in [2.75, 3.05) is 16.8 Å². The maximum absolute atomic E-state index is 4.70. The van der Waals surface area contributed by atoms with Crippen LogP contribution in [0.1, 0.15) is 38.2 Å². The third-order valence-electron chi connectivity index (χ3n) is 4.22. The first-order chi connectivity index (χ1) is 10.9. The fourth-order valence-corrected chi connectivity index (χ4v) is 2.97. The minimum absolute atomic E-state index is 0.573. The Balaban J connectivity index is 1.69. The second-order valence-electron chi connectivity index (χ2n) is 5.70. The fourth-order valence-electron chi connectivity index (χ4n) is 2.97. The van der Waals surface area contributed by atoms with E-state index in [0.717, 1.165) is 31.3 Å². The van der Waals surface area contributed by atoms with Gasteiger partial charge >= 0.3 is 0 Å². The van der Waals surface area contributed by atoms with Crippen LogP contribution in [0.3, 0.4) is 0 Å². The van der Waals surface area contributed by atoms with Crippen molar-refractivity contribution < 1.29 is 0 Å². The lowest BCUT2D eigenvalue weighted by Crippen LogP contribution is -2.40. The van der Waals surface area contributed by atoms with Crippen LogP contribution in [-0.2, 0) is 6.54 Å². The van der Waals surface area contributed by atoms with Gasteiger partial charge in [-0.15, -0.1) is 0 Å². The van der Waals surface area contributed by atoms with Gasteiger partial charge in [0.1, 0.15) is 5.82 Å². The number of rotatable bonds is 5. The van der Waals surface area contributed by atoms with Crippen molar-refractivity contribution in [2.45, 2.75) is 45.2 Å². The molecule has 1 atom stereocenters. The van der Waals surface area contributed by atoms with Gasteiger partial charge in [-0.2, -0.15) is 4.98 Å². The highest BCUT2D eigenvalue weighted by molar-refractivity contribution is 5.42. The van der Waals surface area contributed by atoms with Crippen LogP contribution in [0, 0.1) is 0 Å². The van der Waals surface area contributed by atoms with Crippen LogP contribution in [0.5, 0.6) is 0 Å². The standard InChI is InChI=1S/C17H23N5/c1-2-15-5-3-4-12-22(15)17-19-11-8-16(21-17)20-13-14-6-9-18-10-7-14/h6-11,15H,2-5,12-13H2,1H3,(H,19,20,21). The maximum atomic E-state index is 4.70. The molecule has 0 aliphatic carbocycles. The summed E-state index contributed by atoms with van der Waals surface area (Å²) in [5.41, 5.74) is 1.19. The van der Waals surface area contributed by atoms with E-state index in [9.17, 15) is 0 Å². The van der Waals surface area contributed by atoms with E-state index in [4.69, 9.17) is 4.98 Å². The quantitative estimate of drug-likeness (QED) is 0.918. The summed E-state index contributed by atoms with van der Waals surface area (Å²) in [5.74, 6) is 1.73. The third-order valence-corrected chi connectivity index (χ3v) is 4.22. The molecule has 22 heavy (non-hydrogen) atoms. The lowest BCUT2D eigenvalue weighted by molar-refractivity contribution is 0.443. The zero-order chi connectivity index (χ0) is 15.2. The van der Waals surface area contributed by atoms with E-state index >= 15 is 0 Å². The van der Waals surface area contributed by atoms with Gasteiger partial charge in [-0.25, -0.2) is 4.98 Å². The van der Waals surface area contributed by atoms with Crippen LogP contribution in [0.4, 0.5) is 11.8 Å². The molecule has 2 aromatic rings. The zero-order valence-electron chi connectivity index (χ0n) is 13.1. The molecule has 5 heteroatoms. The van der Waals surface area contributed by atoms with Gasteiger partial charge < -0.3 is 10.2 Å². The van der Waals surface area contributed by atoms with Crippen LogP contribution in [0.2, 0.25) is 0 Å². The number of hydrogen-bond donors (Lipinski definition) is 1. The largest absolute Gasteiger partial charge is 0.366 e. The molecular formula is C17H23N5. The molecule has 0 radical (unpaired) electrons. The molecule has 1 saturated heterocycles. The van der Waals surface area contributed by atoms with Crippen molar-refractivity contribution in [2.24, 2.45) is 0 Å². The van der Waals surface area contributed by atoms with Crippen molar-refractivity contribution >= 4 is 11.8 Å². The number of aromatic nitrogens is 3. The lowest BCUT2D eigenvalue weighted by atomic mass is 10.0. The molecule has 1 fully saturated rings. The summed E-state index contributed by atoms with van der Waals surface area (Å²) in [4.78, 5) is 15.6. The van der Waals surface area contributed by atoms with E-state index in [2.05, 4.69) is 27.1 Å². The second kappa shape index (κ2) is 7.20.